The van der Waals surface area contributed by atoms with Gasteiger partial charge in [0.2, 0.25) is 6.41 Å². The van der Waals surface area contributed by atoms with Gasteiger partial charge in [-0.25, -0.2) is 0 Å². The van der Waals surface area contributed by atoms with Crippen LogP contribution in [0.2, 0.25) is 0 Å². The molecule has 0 aliphatic heterocycles. The minimum Gasteiger partial charge on any atom is -0.358 e. The maximum Gasteiger partial charge on any atom is 0.207 e. The summed E-state index contributed by atoms with van der Waals surface area (Å²) in [5, 5.41) is 2.39. The van der Waals surface area contributed by atoms with Crippen molar-refractivity contribution in [3.8, 4) is 0 Å². The Labute approximate surface area is 46.3 Å². The third-order valence-corrected chi connectivity index (χ3v) is 0.808. The number of amides is 1. The monoisotopic (exact) mass is 121 g/mol. The van der Waals surface area contributed by atoms with Gasteiger partial charge in [0.1, 0.15) is 0 Å². The number of hydrogen-bond acceptors (Lipinski definition) is 3. The van der Waals surface area contributed by atoms with Crippen LogP contribution < -0.4 is 5.32 Å². The highest BCUT2D eigenvalue weighted by Gasteiger charge is 1.78. The van der Waals surface area contributed by atoms with Crippen molar-refractivity contribution in [3.63, 3.8) is 0 Å². The highest BCUT2D eigenvalue weighted by Crippen LogP contribution is 1.84. The lowest BCUT2D eigenvalue weighted by Crippen LogP contribution is -2.13. The second kappa shape index (κ2) is 5.78. The zero-order valence-corrected chi connectivity index (χ0v) is 4.57. The van der Waals surface area contributed by atoms with E-state index >= 15 is 0 Å². The van der Waals surface area contributed by atoms with E-state index in [1.807, 2.05) is 0 Å². The van der Waals surface area contributed by atoms with Crippen molar-refractivity contribution in [2.45, 2.75) is 0 Å². The van der Waals surface area contributed by atoms with Gasteiger partial charge in [0.15, 0.2) is 0 Å². The van der Waals surface area contributed by atoms with E-state index < -0.39 is 0 Å². The zero-order chi connectivity index (χ0) is 5.54. The highest BCUT2D eigenvalue weighted by atomic mass is 32.2. The van der Waals surface area contributed by atoms with Crippen molar-refractivity contribution in [2.75, 3.05) is 12.3 Å². The minimum absolute atomic E-state index is 0.532. The van der Waals surface area contributed by atoms with Gasteiger partial charge in [-0.2, -0.15) is 0 Å². The summed E-state index contributed by atoms with van der Waals surface area (Å²) >= 11 is 0.720. The normalized spacial score (nSPS) is 8.14. The predicted molar refractivity (Wildman–Crippen MR) is 29.2 cm³/mol. The summed E-state index contributed by atoms with van der Waals surface area (Å²) in [6.45, 7) is 0.532. The Hall–Kier alpha value is -0.220. The predicted octanol–water partition coefficient (Wildman–Crippen LogP) is -0.0614. The summed E-state index contributed by atoms with van der Waals surface area (Å²) in [4.78, 5) is 9.48. The van der Waals surface area contributed by atoms with E-state index in [9.17, 15) is 4.79 Å². The summed E-state index contributed by atoms with van der Waals surface area (Å²) in [5.41, 5.74) is 0. The molecule has 0 saturated heterocycles. The molecule has 0 atom stereocenters. The third-order valence-electron chi connectivity index (χ3n) is 0.421. The quantitative estimate of drug-likeness (QED) is 0.311. The van der Waals surface area contributed by atoms with Crippen LogP contribution in [-0.2, 0) is 4.79 Å². The van der Waals surface area contributed by atoms with Gasteiger partial charge in [-0.15, -0.1) is 0 Å². The van der Waals surface area contributed by atoms with Crippen LogP contribution in [0.4, 0.5) is 0 Å². The molecule has 0 heterocycles. The number of carbonyl (C=O) groups excluding carboxylic acids is 1. The molecule has 0 unspecified atom stereocenters. The van der Waals surface area contributed by atoms with Crippen LogP contribution in [0.5, 0.6) is 0 Å². The minimum atomic E-state index is 0.532. The molecule has 1 amide bonds. The van der Waals surface area contributed by atoms with E-state index in [1.54, 1.807) is 0 Å². The van der Waals surface area contributed by atoms with E-state index in [-0.39, 0.29) is 0 Å². The van der Waals surface area contributed by atoms with Gasteiger partial charge in [0, 0.05) is 12.3 Å². The van der Waals surface area contributed by atoms with Crippen LogP contribution >= 0.6 is 12.0 Å². The molecule has 42 valence electrons. The van der Waals surface area contributed by atoms with Crippen LogP contribution in [-0.4, -0.2) is 23.3 Å². The number of nitrogens with one attached hydrogen (secondary N) is 1. The molecule has 0 fully saturated rings. The smallest absolute Gasteiger partial charge is 0.207 e. The van der Waals surface area contributed by atoms with E-state index in [4.69, 9.17) is 4.55 Å². The molecular formula is C3H7NO2S. The van der Waals surface area contributed by atoms with Crippen LogP contribution in [0.1, 0.15) is 0 Å². The van der Waals surface area contributed by atoms with E-state index in [1.165, 1.54) is 0 Å². The Morgan fingerprint density at radius 1 is 1.86 bits per heavy atom. The van der Waals surface area contributed by atoms with Crippen molar-refractivity contribution < 1.29 is 9.35 Å². The molecule has 3 nitrogen and oxygen atoms in total. The fraction of sp³-hybridized carbons (Fsp3) is 0.667. The molecule has 0 radical (unpaired) electrons. The largest absolute Gasteiger partial charge is 0.358 e. The van der Waals surface area contributed by atoms with Crippen LogP contribution in [0.25, 0.3) is 0 Å². The van der Waals surface area contributed by atoms with Gasteiger partial charge in [-0.1, -0.05) is 0 Å². The number of carbonyl (C=O) groups is 1. The average molecular weight is 121 g/mol. The molecule has 0 aromatic carbocycles. The first-order valence-electron chi connectivity index (χ1n) is 1.85. The molecule has 0 aromatic heterocycles. The Morgan fingerprint density at radius 2 is 2.57 bits per heavy atom. The lowest BCUT2D eigenvalue weighted by Gasteiger charge is -1.89. The molecule has 2 N–H and O–H groups in total. The molecule has 0 rings (SSSR count). The van der Waals surface area contributed by atoms with E-state index in [0.717, 1.165) is 12.0 Å². The lowest BCUT2D eigenvalue weighted by molar-refractivity contribution is -0.109. The van der Waals surface area contributed by atoms with Gasteiger partial charge in [-0.05, 0) is 12.0 Å². The molecule has 0 bridgehead atoms. The summed E-state index contributed by atoms with van der Waals surface area (Å²) < 4.78 is 8.05. The maximum atomic E-state index is 9.48. The van der Waals surface area contributed by atoms with Gasteiger partial charge in [-0.3, -0.25) is 4.79 Å². The fourth-order valence-electron chi connectivity index (χ4n) is 0.163. The highest BCUT2D eigenvalue weighted by molar-refractivity contribution is 7.93. The van der Waals surface area contributed by atoms with Gasteiger partial charge in [0.05, 0.1) is 0 Å². The summed E-state index contributed by atoms with van der Waals surface area (Å²) in [6, 6.07) is 0. The molecular weight excluding hydrogens is 114 g/mol. The van der Waals surface area contributed by atoms with E-state index in [0.29, 0.717) is 18.7 Å². The summed E-state index contributed by atoms with van der Waals surface area (Å²) in [5.74, 6) is 0.554. The molecule has 0 aliphatic carbocycles. The SMILES string of the molecule is O=CNCCSO. The Kier molecular flexibility index (Phi) is 5.60. The fourth-order valence-corrected chi connectivity index (χ4v) is 0.373. The second-order valence-corrected chi connectivity index (χ2v) is 1.57. The molecule has 0 saturated carbocycles. The van der Waals surface area contributed by atoms with Gasteiger partial charge in [0.25, 0.3) is 0 Å². The van der Waals surface area contributed by atoms with Gasteiger partial charge < -0.3 is 9.87 Å². The number of hydrogen-bond donors (Lipinski definition) is 2. The molecule has 0 aliphatic rings. The second-order valence-electron chi connectivity index (χ2n) is 0.905. The Bertz CT molecular complexity index is 50.2. The topological polar surface area (TPSA) is 49.3 Å². The van der Waals surface area contributed by atoms with Crippen molar-refractivity contribution in [3.05, 3.63) is 0 Å². The first-order chi connectivity index (χ1) is 3.41. The molecule has 7 heavy (non-hydrogen) atoms. The van der Waals surface area contributed by atoms with Crippen LogP contribution in [0, 0.1) is 0 Å². The van der Waals surface area contributed by atoms with Crippen LogP contribution in [0.3, 0.4) is 0 Å². The Balaban J connectivity index is 2.56. The van der Waals surface area contributed by atoms with Gasteiger partial charge >= 0.3 is 0 Å². The zero-order valence-electron chi connectivity index (χ0n) is 3.76. The summed E-state index contributed by atoms with van der Waals surface area (Å²) in [6.07, 6.45) is 0.607. The average Bonchev–Trinajstić information content (AvgIpc) is 1.69. The standard InChI is InChI=1S/C3H7NO2S/c5-3-4-1-2-7-6/h3,6H,1-2H2,(H,4,5). The van der Waals surface area contributed by atoms with Crippen molar-refractivity contribution >= 4 is 18.5 Å². The third kappa shape index (κ3) is 5.78. The van der Waals surface area contributed by atoms with E-state index in [2.05, 4.69) is 5.32 Å². The number of rotatable bonds is 4. The first kappa shape index (κ1) is 6.78. The molecule has 4 heteroatoms. The van der Waals surface area contributed by atoms with Crippen molar-refractivity contribution in [1.29, 1.82) is 0 Å². The van der Waals surface area contributed by atoms with Crippen LogP contribution in [0.15, 0.2) is 0 Å². The maximum absolute atomic E-state index is 9.48. The molecule has 0 spiro atoms. The summed E-state index contributed by atoms with van der Waals surface area (Å²) in [7, 11) is 0. The first-order valence-corrected chi connectivity index (χ1v) is 2.79. The Morgan fingerprint density at radius 3 is 3.00 bits per heavy atom. The molecule has 0 aromatic rings. The van der Waals surface area contributed by atoms with Crippen molar-refractivity contribution in [2.24, 2.45) is 0 Å². The van der Waals surface area contributed by atoms with Crippen molar-refractivity contribution in [1.82, 2.24) is 5.32 Å². The lowest BCUT2D eigenvalue weighted by atomic mass is 10.8.